The van der Waals surface area contributed by atoms with E-state index < -0.39 is 6.04 Å². The number of hydrogen-bond acceptors (Lipinski definition) is 3. The molecule has 1 aliphatic rings. The van der Waals surface area contributed by atoms with E-state index in [1.165, 1.54) is 11.3 Å². The van der Waals surface area contributed by atoms with Crippen molar-refractivity contribution in [3.63, 3.8) is 0 Å². The number of nitrogens with one attached hydrogen (secondary N) is 1. The van der Waals surface area contributed by atoms with Crippen LogP contribution in [-0.4, -0.2) is 30.8 Å². The Labute approximate surface area is 200 Å². The zero-order valence-electron chi connectivity index (χ0n) is 18.7. The van der Waals surface area contributed by atoms with Crippen molar-refractivity contribution >= 4 is 40.7 Å². The molecule has 0 aromatic heterocycles. The van der Waals surface area contributed by atoms with Gasteiger partial charge in [0, 0.05) is 11.1 Å². The minimum Gasteiger partial charge on any atom is -0.495 e. The number of nitrogens with zero attached hydrogens (tertiary/aromatic N) is 1. The molecule has 0 saturated heterocycles. The van der Waals surface area contributed by atoms with E-state index in [2.05, 4.69) is 12.2 Å². The molecule has 2 aromatic carbocycles. The van der Waals surface area contributed by atoms with Crippen LogP contribution in [0.3, 0.4) is 0 Å². The highest BCUT2D eigenvalue weighted by Gasteiger charge is 2.36. The third kappa shape index (κ3) is 5.57. The van der Waals surface area contributed by atoms with Crippen molar-refractivity contribution in [3.05, 3.63) is 58.6 Å². The lowest BCUT2D eigenvalue weighted by molar-refractivity contribution is -0.126. The smallest absolute Gasteiger partial charge is 0.248 e. The Hall–Kier alpha value is -2.24. The second-order valence-corrected chi connectivity index (χ2v) is 9.11. The number of aryl methyl sites for hydroxylation is 1. The van der Waals surface area contributed by atoms with Crippen molar-refractivity contribution in [2.45, 2.75) is 51.6 Å². The van der Waals surface area contributed by atoms with Crippen LogP contribution in [0.25, 0.3) is 0 Å². The monoisotopic (exact) mass is 476 g/mol. The van der Waals surface area contributed by atoms with Crippen LogP contribution in [-0.2, 0) is 9.59 Å². The molecule has 2 amide bonds. The first-order valence-corrected chi connectivity index (χ1v) is 11.9. The van der Waals surface area contributed by atoms with E-state index in [0.29, 0.717) is 27.9 Å². The summed E-state index contributed by atoms with van der Waals surface area (Å²) in [7, 11) is 1.54. The van der Waals surface area contributed by atoms with Crippen LogP contribution in [0.5, 0.6) is 5.75 Å². The van der Waals surface area contributed by atoms with E-state index in [1.54, 1.807) is 37.4 Å². The van der Waals surface area contributed by atoms with Gasteiger partial charge in [0.25, 0.3) is 0 Å². The number of hydrogen-bond donors (Lipinski definition) is 1. The standard InChI is InChI=1S/C25H30Cl2N2O3/c1-16-8-13-22(32-3)21(14-16)29(23(30)15-26)24(18-9-11-19(27)12-10-18)25(31)28-20-7-5-4-6-17(20)2/h8-14,17,20,24H,4-7,15H2,1-3H3,(H,28,31)/t17-,20+,24+/m1/s1. The van der Waals surface area contributed by atoms with Crippen molar-refractivity contribution in [3.8, 4) is 5.75 Å². The van der Waals surface area contributed by atoms with Crippen molar-refractivity contribution < 1.29 is 14.3 Å². The zero-order valence-corrected chi connectivity index (χ0v) is 20.2. The van der Waals surface area contributed by atoms with Gasteiger partial charge in [0.2, 0.25) is 11.8 Å². The van der Waals surface area contributed by atoms with Crippen molar-refractivity contribution in [2.75, 3.05) is 17.9 Å². The second kappa shape index (κ2) is 11.1. The van der Waals surface area contributed by atoms with Crippen molar-refractivity contribution in [2.24, 2.45) is 5.92 Å². The molecule has 0 unspecified atom stereocenters. The van der Waals surface area contributed by atoms with Crippen LogP contribution in [0.1, 0.15) is 49.8 Å². The summed E-state index contributed by atoms with van der Waals surface area (Å²) in [6.45, 7) is 4.08. The Bertz CT molecular complexity index is 949. The summed E-state index contributed by atoms with van der Waals surface area (Å²) in [5, 5.41) is 3.77. The second-order valence-electron chi connectivity index (χ2n) is 8.40. The van der Waals surface area contributed by atoms with Gasteiger partial charge in [-0.3, -0.25) is 14.5 Å². The van der Waals surface area contributed by atoms with E-state index in [-0.39, 0.29) is 23.7 Å². The minimum absolute atomic E-state index is 0.0680. The van der Waals surface area contributed by atoms with E-state index >= 15 is 0 Å². The van der Waals surface area contributed by atoms with Crippen molar-refractivity contribution in [1.82, 2.24) is 5.32 Å². The number of anilines is 1. The fourth-order valence-electron chi connectivity index (χ4n) is 4.33. The predicted octanol–water partition coefficient (Wildman–Crippen LogP) is 5.67. The van der Waals surface area contributed by atoms with Gasteiger partial charge in [0.15, 0.2) is 0 Å². The van der Waals surface area contributed by atoms with Gasteiger partial charge in [-0.25, -0.2) is 0 Å². The van der Waals surface area contributed by atoms with Gasteiger partial charge in [0.1, 0.15) is 17.7 Å². The van der Waals surface area contributed by atoms with Gasteiger partial charge in [0.05, 0.1) is 12.8 Å². The molecule has 5 nitrogen and oxygen atoms in total. The molecule has 7 heteroatoms. The highest BCUT2D eigenvalue weighted by atomic mass is 35.5. The number of rotatable bonds is 7. The summed E-state index contributed by atoms with van der Waals surface area (Å²) >= 11 is 12.1. The zero-order chi connectivity index (χ0) is 23.3. The van der Waals surface area contributed by atoms with Gasteiger partial charge in [-0.05, 0) is 61.1 Å². The van der Waals surface area contributed by atoms with E-state index in [0.717, 1.165) is 24.8 Å². The Balaban J connectivity index is 2.10. The lowest BCUT2D eigenvalue weighted by atomic mass is 9.85. The molecule has 0 aliphatic heterocycles. The largest absolute Gasteiger partial charge is 0.495 e. The number of amides is 2. The van der Waals surface area contributed by atoms with Crippen LogP contribution in [0.4, 0.5) is 5.69 Å². The van der Waals surface area contributed by atoms with Crippen LogP contribution < -0.4 is 15.0 Å². The normalized spacial score (nSPS) is 19.2. The van der Waals surface area contributed by atoms with Crippen LogP contribution >= 0.6 is 23.2 Å². The fourth-order valence-corrected chi connectivity index (χ4v) is 4.58. The maximum absolute atomic E-state index is 13.7. The van der Waals surface area contributed by atoms with E-state index in [1.807, 2.05) is 19.1 Å². The van der Waals surface area contributed by atoms with Crippen LogP contribution in [0.15, 0.2) is 42.5 Å². The molecule has 0 heterocycles. The Morgan fingerprint density at radius 1 is 1.16 bits per heavy atom. The Kier molecular flexibility index (Phi) is 8.44. The molecule has 0 bridgehead atoms. The van der Waals surface area contributed by atoms with Gasteiger partial charge in [-0.1, -0.05) is 49.6 Å². The first-order valence-electron chi connectivity index (χ1n) is 10.9. The first-order chi connectivity index (χ1) is 15.3. The molecule has 1 saturated carbocycles. The first kappa shape index (κ1) is 24.4. The van der Waals surface area contributed by atoms with Gasteiger partial charge in [-0.2, -0.15) is 0 Å². The average Bonchev–Trinajstić information content (AvgIpc) is 2.79. The van der Waals surface area contributed by atoms with Crippen LogP contribution in [0.2, 0.25) is 5.02 Å². The summed E-state index contributed by atoms with van der Waals surface area (Å²) in [4.78, 5) is 28.4. The summed E-state index contributed by atoms with van der Waals surface area (Å²) in [5.74, 6) is -0.0273. The minimum atomic E-state index is -0.914. The molecule has 2 aromatic rings. The summed E-state index contributed by atoms with van der Waals surface area (Å²) in [6, 6.07) is 11.7. The van der Waals surface area contributed by atoms with Gasteiger partial charge in [-0.15, -0.1) is 11.6 Å². The van der Waals surface area contributed by atoms with Crippen molar-refractivity contribution in [1.29, 1.82) is 0 Å². The number of carbonyl (C=O) groups excluding carboxylic acids is 2. The molecule has 1 aliphatic carbocycles. The number of halogens is 2. The maximum atomic E-state index is 13.7. The lowest BCUT2D eigenvalue weighted by Gasteiger charge is -2.35. The SMILES string of the molecule is COc1ccc(C)cc1N(C(=O)CCl)[C@H](C(=O)N[C@H]1CCCC[C@H]1C)c1ccc(Cl)cc1. The maximum Gasteiger partial charge on any atom is 0.248 e. The number of benzene rings is 2. The number of methoxy groups -OCH3 is 1. The van der Waals surface area contributed by atoms with E-state index in [9.17, 15) is 9.59 Å². The molecule has 0 spiro atoms. The molecule has 3 rings (SSSR count). The molecule has 1 N–H and O–H groups in total. The average molecular weight is 477 g/mol. The molecular formula is C25H30Cl2N2O3. The molecular weight excluding hydrogens is 447 g/mol. The quantitative estimate of drug-likeness (QED) is 0.524. The topological polar surface area (TPSA) is 58.6 Å². The number of ether oxygens (including phenoxy) is 1. The summed E-state index contributed by atoms with van der Waals surface area (Å²) in [5.41, 5.74) is 2.09. The summed E-state index contributed by atoms with van der Waals surface area (Å²) < 4.78 is 5.54. The molecule has 0 radical (unpaired) electrons. The molecule has 1 fully saturated rings. The highest BCUT2D eigenvalue weighted by Crippen LogP contribution is 2.37. The third-order valence-electron chi connectivity index (χ3n) is 6.11. The highest BCUT2D eigenvalue weighted by molar-refractivity contribution is 6.30. The Morgan fingerprint density at radius 2 is 1.84 bits per heavy atom. The molecule has 3 atom stereocenters. The lowest BCUT2D eigenvalue weighted by Crippen LogP contribution is -2.49. The fraction of sp³-hybridized carbons (Fsp3) is 0.440. The Morgan fingerprint density at radius 3 is 2.47 bits per heavy atom. The predicted molar refractivity (Wildman–Crippen MR) is 130 cm³/mol. The molecule has 32 heavy (non-hydrogen) atoms. The number of alkyl halides is 1. The van der Waals surface area contributed by atoms with Gasteiger partial charge < -0.3 is 10.1 Å². The van der Waals surface area contributed by atoms with E-state index in [4.69, 9.17) is 27.9 Å². The summed E-state index contributed by atoms with van der Waals surface area (Å²) in [6.07, 6.45) is 4.26. The third-order valence-corrected chi connectivity index (χ3v) is 6.59. The molecule has 172 valence electrons. The number of carbonyl (C=O) groups is 2. The van der Waals surface area contributed by atoms with Gasteiger partial charge >= 0.3 is 0 Å². The van der Waals surface area contributed by atoms with Crippen LogP contribution in [0, 0.1) is 12.8 Å².